The number of rotatable bonds is 57. The predicted octanol–water partition coefficient (Wildman–Crippen LogP) is 25.7. The molecule has 0 atom stereocenters. The van der Waals surface area contributed by atoms with Crippen molar-refractivity contribution in [2.24, 2.45) is 0 Å². The molecule has 0 spiro atoms. The van der Waals surface area contributed by atoms with Crippen LogP contribution in [0.1, 0.15) is 399 Å². The van der Waals surface area contributed by atoms with Gasteiger partial charge < -0.3 is 0 Å². The van der Waals surface area contributed by atoms with Gasteiger partial charge in [-0.3, -0.25) is 4.79 Å². The van der Waals surface area contributed by atoms with Gasteiger partial charge in [0.15, 0.2) is 5.78 Å². The Bertz CT molecular complexity index is 1630. The highest BCUT2D eigenvalue weighted by molar-refractivity contribution is 6.08. The van der Waals surface area contributed by atoms with Crippen LogP contribution in [0.25, 0.3) is 6.08 Å². The molecule has 76 heavy (non-hydrogen) atoms. The SMILES string of the molecule is CCCCCCCCCCc1ccc(/C=C/C(=O)c2ccc(CCCCCCCCCC)c(CCCCCCCCCC)c2CCCCCCCCCC)c(CCCCCCCCCC)c1CCCCCCCCCC. The van der Waals surface area contributed by atoms with Crippen LogP contribution < -0.4 is 0 Å². The van der Waals surface area contributed by atoms with E-state index in [-0.39, 0.29) is 5.78 Å². The van der Waals surface area contributed by atoms with Crippen molar-refractivity contribution in [3.8, 4) is 0 Å². The molecule has 2 aromatic rings. The summed E-state index contributed by atoms with van der Waals surface area (Å²) < 4.78 is 0. The lowest BCUT2D eigenvalue weighted by molar-refractivity contribution is 0.104. The molecule has 0 bridgehead atoms. The fraction of sp³-hybridized carbons (Fsp3) is 0.800. The molecule has 0 amide bonds. The van der Waals surface area contributed by atoms with E-state index >= 15 is 4.79 Å². The number of ketones is 1. The molecule has 0 aliphatic rings. The highest BCUT2D eigenvalue weighted by atomic mass is 16.1. The second-order valence-electron chi connectivity index (χ2n) is 24.5. The van der Waals surface area contributed by atoms with Crippen molar-refractivity contribution in [3.63, 3.8) is 0 Å². The van der Waals surface area contributed by atoms with Gasteiger partial charge in [-0.05, 0) is 122 Å². The van der Waals surface area contributed by atoms with E-state index in [1.165, 1.54) is 339 Å². The summed E-state index contributed by atoms with van der Waals surface area (Å²) in [6.07, 6.45) is 76.3. The van der Waals surface area contributed by atoms with Crippen LogP contribution in [-0.2, 0) is 38.5 Å². The molecule has 0 aromatic heterocycles. The third-order valence-corrected chi connectivity index (χ3v) is 17.5. The van der Waals surface area contributed by atoms with Crippen LogP contribution in [0, 0.1) is 0 Å². The van der Waals surface area contributed by atoms with Crippen molar-refractivity contribution in [3.05, 3.63) is 74.8 Å². The molecule has 0 fully saturated rings. The number of carbonyl (C=O) groups is 1. The first-order valence-electron chi connectivity index (χ1n) is 35.1. The van der Waals surface area contributed by atoms with Gasteiger partial charge in [0, 0.05) is 5.56 Å². The van der Waals surface area contributed by atoms with E-state index < -0.39 is 0 Å². The summed E-state index contributed by atoms with van der Waals surface area (Å²) in [7, 11) is 0. The van der Waals surface area contributed by atoms with E-state index in [1.54, 1.807) is 27.8 Å². The Morgan fingerprint density at radius 1 is 0.263 bits per heavy atom. The molecular weight excluding hydrogens is 917 g/mol. The minimum atomic E-state index is 0.246. The summed E-state index contributed by atoms with van der Waals surface area (Å²) in [5, 5.41) is 0. The van der Waals surface area contributed by atoms with Crippen molar-refractivity contribution < 1.29 is 4.79 Å². The van der Waals surface area contributed by atoms with E-state index in [2.05, 4.69) is 71.9 Å². The van der Waals surface area contributed by atoms with Gasteiger partial charge in [0.2, 0.25) is 0 Å². The highest BCUT2D eigenvalue weighted by Gasteiger charge is 2.19. The monoisotopic (exact) mass is 1050 g/mol. The largest absolute Gasteiger partial charge is 0.289 e. The van der Waals surface area contributed by atoms with Crippen molar-refractivity contribution in [1.29, 1.82) is 0 Å². The maximum absolute atomic E-state index is 15.1. The molecule has 2 aromatic carbocycles. The normalized spacial score (nSPS) is 11.8. The van der Waals surface area contributed by atoms with Crippen LogP contribution in [0.2, 0.25) is 0 Å². The standard InChI is InChI=1S/C75H132O/c1-7-13-19-25-31-37-43-49-55-67-61-62-69(71(58-52-46-40-34-28-22-16-10-4)70(67)57-51-45-39-33-27-21-15-9-3)64-66-75(76)74-65-63-68(56-50-44-38-32-26-20-14-8-2)72(59-53-47-41-35-29-23-17-11-5)73(74)60-54-48-42-36-30-24-18-12-6/h61-66H,7-60H2,1-6H3/b66-64+. The lowest BCUT2D eigenvalue weighted by atomic mass is 9.85. The molecule has 0 unspecified atom stereocenters. The molecule has 438 valence electrons. The van der Waals surface area contributed by atoms with Crippen LogP contribution in [0.3, 0.4) is 0 Å². The number of benzene rings is 2. The second-order valence-corrected chi connectivity index (χ2v) is 24.5. The molecule has 0 heterocycles. The van der Waals surface area contributed by atoms with Gasteiger partial charge in [0.25, 0.3) is 0 Å². The molecule has 0 saturated carbocycles. The molecule has 0 N–H and O–H groups in total. The van der Waals surface area contributed by atoms with Crippen molar-refractivity contribution in [2.45, 2.75) is 388 Å². The van der Waals surface area contributed by atoms with Crippen LogP contribution in [0.5, 0.6) is 0 Å². The number of allylic oxidation sites excluding steroid dienone is 1. The average molecular weight is 1050 g/mol. The zero-order valence-electron chi connectivity index (χ0n) is 52.6. The summed E-state index contributed by atoms with van der Waals surface area (Å²) in [6.45, 7) is 14.0. The third-order valence-electron chi connectivity index (χ3n) is 17.5. The van der Waals surface area contributed by atoms with E-state index in [0.29, 0.717) is 0 Å². The Labute approximate surface area is 477 Å². The summed E-state index contributed by atoms with van der Waals surface area (Å²) >= 11 is 0. The first-order chi connectivity index (χ1) is 37.6. The van der Waals surface area contributed by atoms with Crippen LogP contribution in [-0.4, -0.2) is 5.78 Å². The summed E-state index contributed by atoms with van der Waals surface area (Å²) in [6, 6.07) is 9.68. The van der Waals surface area contributed by atoms with Gasteiger partial charge in [-0.15, -0.1) is 0 Å². The van der Waals surface area contributed by atoms with Crippen LogP contribution >= 0.6 is 0 Å². The molecule has 0 saturated heterocycles. The van der Waals surface area contributed by atoms with Crippen LogP contribution in [0.15, 0.2) is 30.3 Å². The number of aryl methyl sites for hydroxylation is 2. The lowest BCUT2D eigenvalue weighted by Crippen LogP contribution is -2.10. The van der Waals surface area contributed by atoms with Crippen LogP contribution in [0.4, 0.5) is 0 Å². The zero-order chi connectivity index (χ0) is 54.6. The third kappa shape index (κ3) is 35.5. The van der Waals surface area contributed by atoms with Gasteiger partial charge >= 0.3 is 0 Å². The second kappa shape index (κ2) is 52.2. The average Bonchev–Trinajstić information content (AvgIpc) is 3.43. The maximum Gasteiger partial charge on any atom is 0.186 e. The van der Waals surface area contributed by atoms with E-state index in [4.69, 9.17) is 0 Å². The molecule has 0 radical (unpaired) electrons. The van der Waals surface area contributed by atoms with E-state index in [1.807, 2.05) is 6.08 Å². The summed E-state index contributed by atoms with van der Waals surface area (Å²) in [5.41, 5.74) is 11.8. The molecule has 1 heteroatoms. The highest BCUT2D eigenvalue weighted by Crippen LogP contribution is 2.31. The molecule has 2 rings (SSSR count). The number of hydrogen-bond acceptors (Lipinski definition) is 1. The summed E-state index contributed by atoms with van der Waals surface area (Å²) in [4.78, 5) is 15.1. The van der Waals surface area contributed by atoms with E-state index in [0.717, 1.165) is 24.8 Å². The number of carbonyl (C=O) groups excluding carboxylic acids is 1. The number of hydrogen-bond donors (Lipinski definition) is 0. The topological polar surface area (TPSA) is 17.1 Å². The first kappa shape index (κ1) is 70.0. The van der Waals surface area contributed by atoms with Gasteiger partial charge in [0.1, 0.15) is 0 Å². The quantitative estimate of drug-likeness (QED) is 0.0367. The Hall–Kier alpha value is -2.15. The Kier molecular flexibility index (Phi) is 48.1. The van der Waals surface area contributed by atoms with Crippen molar-refractivity contribution in [1.82, 2.24) is 0 Å². The Morgan fingerprint density at radius 3 is 0.816 bits per heavy atom. The van der Waals surface area contributed by atoms with Gasteiger partial charge in [-0.1, -0.05) is 342 Å². The van der Waals surface area contributed by atoms with Gasteiger partial charge in [-0.25, -0.2) is 0 Å². The molecule has 0 aliphatic heterocycles. The van der Waals surface area contributed by atoms with Gasteiger partial charge in [-0.2, -0.15) is 0 Å². The molecule has 1 nitrogen and oxygen atoms in total. The molecular formula is C75H132O. The smallest absolute Gasteiger partial charge is 0.186 e. The van der Waals surface area contributed by atoms with Crippen molar-refractivity contribution in [2.75, 3.05) is 0 Å². The minimum Gasteiger partial charge on any atom is -0.289 e. The maximum atomic E-state index is 15.1. The van der Waals surface area contributed by atoms with Crippen molar-refractivity contribution >= 4 is 11.9 Å². The minimum absolute atomic E-state index is 0.246. The lowest BCUT2D eigenvalue weighted by Gasteiger charge is -2.20. The zero-order valence-corrected chi connectivity index (χ0v) is 52.6. The fourth-order valence-corrected chi connectivity index (χ4v) is 12.5. The Balaban J connectivity index is 2.56. The fourth-order valence-electron chi connectivity index (χ4n) is 12.5. The summed E-state index contributed by atoms with van der Waals surface area (Å²) in [5.74, 6) is 0.246. The van der Waals surface area contributed by atoms with E-state index in [9.17, 15) is 0 Å². The van der Waals surface area contributed by atoms with Gasteiger partial charge in [0.05, 0.1) is 0 Å². The molecule has 0 aliphatic carbocycles. The predicted molar refractivity (Wildman–Crippen MR) is 344 cm³/mol. The number of unbranched alkanes of at least 4 members (excludes halogenated alkanes) is 42. The Morgan fingerprint density at radius 2 is 0.500 bits per heavy atom. The first-order valence-corrected chi connectivity index (χ1v) is 35.1.